The van der Waals surface area contributed by atoms with Gasteiger partial charge in [0, 0.05) is 12.0 Å². The molecule has 0 saturated heterocycles. The zero-order valence-electron chi connectivity index (χ0n) is 14.3. The third kappa shape index (κ3) is 1.88. The van der Waals surface area contributed by atoms with Crippen molar-refractivity contribution in [2.24, 2.45) is 5.10 Å². The van der Waals surface area contributed by atoms with Gasteiger partial charge in [-0.15, -0.1) is 11.3 Å². The van der Waals surface area contributed by atoms with Crippen LogP contribution in [0.3, 0.4) is 0 Å². The molecule has 4 heterocycles. The van der Waals surface area contributed by atoms with E-state index in [0.717, 1.165) is 39.6 Å². The SMILES string of the molecule is O=C1Nc2ccccc2C12Oc1ccccc1C1CC(c3cccs3)=NN12. The minimum Gasteiger partial charge on any atom is -0.453 e. The lowest BCUT2D eigenvalue weighted by atomic mass is 9.93. The number of amides is 1. The Balaban J connectivity index is 1.60. The second-order valence-electron chi connectivity index (χ2n) is 6.87. The van der Waals surface area contributed by atoms with Crippen LogP contribution in [0.5, 0.6) is 5.75 Å². The van der Waals surface area contributed by atoms with Crippen LogP contribution in [-0.4, -0.2) is 16.6 Å². The topological polar surface area (TPSA) is 53.9 Å². The molecule has 1 spiro atoms. The number of hydrazone groups is 1. The maximum Gasteiger partial charge on any atom is 0.306 e. The van der Waals surface area contributed by atoms with Gasteiger partial charge in [0.15, 0.2) is 0 Å². The first kappa shape index (κ1) is 15.0. The summed E-state index contributed by atoms with van der Waals surface area (Å²) in [5.41, 5.74) is 2.38. The van der Waals surface area contributed by atoms with Crippen molar-refractivity contribution in [3.8, 4) is 5.75 Å². The van der Waals surface area contributed by atoms with Gasteiger partial charge in [-0.3, -0.25) is 4.79 Å². The summed E-state index contributed by atoms with van der Waals surface area (Å²) in [6, 6.07) is 19.7. The van der Waals surface area contributed by atoms with Crippen LogP contribution in [0.15, 0.2) is 71.1 Å². The summed E-state index contributed by atoms with van der Waals surface area (Å²) >= 11 is 1.67. The van der Waals surface area contributed by atoms with Gasteiger partial charge in [-0.1, -0.05) is 42.5 Å². The van der Waals surface area contributed by atoms with Crippen LogP contribution in [0.2, 0.25) is 0 Å². The summed E-state index contributed by atoms with van der Waals surface area (Å²) in [5, 5.41) is 11.8. The van der Waals surface area contributed by atoms with Gasteiger partial charge in [-0.2, -0.15) is 5.10 Å². The van der Waals surface area contributed by atoms with Gasteiger partial charge in [-0.25, -0.2) is 5.01 Å². The van der Waals surface area contributed by atoms with Crippen molar-refractivity contribution in [3.05, 3.63) is 82.0 Å². The lowest BCUT2D eigenvalue weighted by molar-refractivity contribution is -0.161. The van der Waals surface area contributed by atoms with E-state index in [9.17, 15) is 4.79 Å². The van der Waals surface area contributed by atoms with Crippen LogP contribution in [-0.2, 0) is 10.5 Å². The van der Waals surface area contributed by atoms with E-state index < -0.39 is 5.72 Å². The van der Waals surface area contributed by atoms with Crippen molar-refractivity contribution < 1.29 is 9.53 Å². The number of fused-ring (bicyclic) bond motifs is 6. The van der Waals surface area contributed by atoms with E-state index in [1.54, 1.807) is 11.3 Å². The second kappa shape index (κ2) is 5.20. The monoisotopic (exact) mass is 373 g/mol. The molecule has 1 N–H and O–H groups in total. The Bertz CT molecular complexity index is 1110. The molecular formula is C21H15N3O2S. The molecule has 0 bridgehead atoms. The highest BCUT2D eigenvalue weighted by atomic mass is 32.1. The molecule has 1 aromatic heterocycles. The van der Waals surface area contributed by atoms with E-state index in [2.05, 4.69) is 17.4 Å². The predicted molar refractivity (Wildman–Crippen MR) is 104 cm³/mol. The van der Waals surface area contributed by atoms with Crippen molar-refractivity contribution >= 4 is 28.6 Å². The Morgan fingerprint density at radius 2 is 1.96 bits per heavy atom. The van der Waals surface area contributed by atoms with E-state index in [-0.39, 0.29) is 11.9 Å². The average Bonchev–Trinajstić information content (AvgIpc) is 3.41. The smallest absolute Gasteiger partial charge is 0.306 e. The van der Waals surface area contributed by atoms with Gasteiger partial charge in [0.25, 0.3) is 5.91 Å². The van der Waals surface area contributed by atoms with E-state index in [0.29, 0.717) is 0 Å². The number of para-hydroxylation sites is 2. The molecule has 27 heavy (non-hydrogen) atoms. The van der Waals surface area contributed by atoms with Gasteiger partial charge in [0.2, 0.25) is 0 Å². The summed E-state index contributed by atoms with van der Waals surface area (Å²) in [5.74, 6) is 0.549. The fourth-order valence-electron chi connectivity index (χ4n) is 4.23. The van der Waals surface area contributed by atoms with Gasteiger partial charge >= 0.3 is 5.72 Å². The lowest BCUT2D eigenvalue weighted by Crippen LogP contribution is -2.55. The number of benzene rings is 2. The first-order chi connectivity index (χ1) is 13.3. The quantitative estimate of drug-likeness (QED) is 0.699. The first-order valence-electron chi connectivity index (χ1n) is 8.87. The summed E-state index contributed by atoms with van der Waals surface area (Å²) in [4.78, 5) is 14.3. The molecular weight excluding hydrogens is 358 g/mol. The molecule has 0 radical (unpaired) electrons. The molecule has 0 aliphatic carbocycles. The van der Waals surface area contributed by atoms with Crippen LogP contribution >= 0.6 is 11.3 Å². The van der Waals surface area contributed by atoms with E-state index in [1.807, 2.05) is 58.9 Å². The van der Waals surface area contributed by atoms with Crippen molar-refractivity contribution in [3.63, 3.8) is 0 Å². The number of carbonyl (C=O) groups excluding carboxylic acids is 1. The van der Waals surface area contributed by atoms with Gasteiger partial charge in [-0.05, 0) is 23.6 Å². The number of anilines is 1. The maximum absolute atomic E-state index is 13.2. The molecule has 2 unspecified atom stereocenters. The van der Waals surface area contributed by atoms with Crippen molar-refractivity contribution in [1.29, 1.82) is 0 Å². The van der Waals surface area contributed by atoms with Crippen molar-refractivity contribution in [2.45, 2.75) is 18.2 Å². The highest BCUT2D eigenvalue weighted by Crippen LogP contribution is 2.54. The molecule has 132 valence electrons. The number of carbonyl (C=O) groups is 1. The van der Waals surface area contributed by atoms with E-state index >= 15 is 0 Å². The summed E-state index contributed by atoms with van der Waals surface area (Å²) in [6.07, 6.45) is 0.748. The molecule has 1 amide bonds. The molecule has 0 saturated carbocycles. The highest BCUT2D eigenvalue weighted by Gasteiger charge is 2.60. The zero-order chi connectivity index (χ0) is 18.0. The number of thiophene rings is 1. The number of rotatable bonds is 1. The van der Waals surface area contributed by atoms with Crippen LogP contribution in [0.1, 0.15) is 28.5 Å². The van der Waals surface area contributed by atoms with Crippen molar-refractivity contribution in [2.75, 3.05) is 5.32 Å². The Hall–Kier alpha value is -3.12. The predicted octanol–water partition coefficient (Wildman–Crippen LogP) is 4.10. The van der Waals surface area contributed by atoms with Gasteiger partial charge in [0.1, 0.15) is 5.75 Å². The Morgan fingerprint density at radius 3 is 2.85 bits per heavy atom. The number of hydrogen-bond donors (Lipinski definition) is 1. The third-order valence-corrected chi connectivity index (χ3v) is 6.34. The normalized spacial score (nSPS) is 24.7. The lowest BCUT2D eigenvalue weighted by Gasteiger charge is -2.43. The highest BCUT2D eigenvalue weighted by molar-refractivity contribution is 7.12. The van der Waals surface area contributed by atoms with Gasteiger partial charge < -0.3 is 10.1 Å². The molecule has 6 heteroatoms. The largest absolute Gasteiger partial charge is 0.453 e. The molecule has 0 fully saturated rings. The third-order valence-electron chi connectivity index (χ3n) is 5.42. The van der Waals surface area contributed by atoms with E-state index in [1.165, 1.54) is 0 Å². The fraction of sp³-hybridized carbons (Fsp3) is 0.143. The van der Waals surface area contributed by atoms with E-state index in [4.69, 9.17) is 9.84 Å². The van der Waals surface area contributed by atoms with Crippen LogP contribution in [0, 0.1) is 0 Å². The molecule has 3 aromatic rings. The average molecular weight is 373 g/mol. The number of nitrogens with zero attached hydrogens (tertiary/aromatic N) is 2. The summed E-state index contributed by atoms with van der Waals surface area (Å²) in [7, 11) is 0. The molecule has 6 rings (SSSR count). The Kier molecular flexibility index (Phi) is 2.89. The molecule has 3 aliphatic heterocycles. The number of hydrogen-bond acceptors (Lipinski definition) is 5. The maximum atomic E-state index is 13.2. The molecule has 3 aliphatic rings. The second-order valence-corrected chi connectivity index (χ2v) is 7.82. The van der Waals surface area contributed by atoms with Crippen LogP contribution in [0.4, 0.5) is 5.69 Å². The van der Waals surface area contributed by atoms with Crippen LogP contribution in [0.25, 0.3) is 0 Å². The minimum atomic E-state index is -1.27. The van der Waals surface area contributed by atoms with Gasteiger partial charge in [0.05, 0.1) is 27.9 Å². The zero-order valence-corrected chi connectivity index (χ0v) is 15.1. The first-order valence-corrected chi connectivity index (χ1v) is 9.75. The summed E-state index contributed by atoms with van der Waals surface area (Å²) in [6.45, 7) is 0. The van der Waals surface area contributed by atoms with Crippen molar-refractivity contribution in [1.82, 2.24) is 5.01 Å². The van der Waals surface area contributed by atoms with Crippen LogP contribution < -0.4 is 10.1 Å². The Labute approximate surface area is 159 Å². The minimum absolute atomic E-state index is 0.0380. The Morgan fingerprint density at radius 1 is 1.11 bits per heavy atom. The standard InChI is InChI=1S/C21H15N3O2S/c25-20-21(14-7-2-3-8-15(14)22-20)24-17(13-6-1-4-9-18(13)26-21)12-16(23-24)19-10-5-11-27-19/h1-11,17H,12H2,(H,22,25). The summed E-state index contributed by atoms with van der Waals surface area (Å²) < 4.78 is 6.41. The molecule has 2 aromatic carbocycles. The number of ether oxygens (including phenoxy) is 1. The number of nitrogens with one attached hydrogen (secondary N) is 1. The fourth-order valence-corrected chi connectivity index (χ4v) is 4.96. The molecule has 5 nitrogen and oxygen atoms in total. The molecule has 2 atom stereocenters.